The number of rotatable bonds is 5. The Bertz CT molecular complexity index is 531. The molecule has 4 heteroatoms. The van der Waals surface area contributed by atoms with E-state index in [-0.39, 0.29) is 12.4 Å². The van der Waals surface area contributed by atoms with Gasteiger partial charge in [0.05, 0.1) is 18.8 Å². The van der Waals surface area contributed by atoms with Crippen molar-refractivity contribution in [3.63, 3.8) is 0 Å². The highest BCUT2D eigenvalue weighted by atomic mass is 19.1. The minimum Gasteiger partial charge on any atom is -0.391 e. The minimum atomic E-state index is -0.375. The van der Waals surface area contributed by atoms with Gasteiger partial charge in [-0.2, -0.15) is 0 Å². The van der Waals surface area contributed by atoms with E-state index < -0.39 is 0 Å². The van der Waals surface area contributed by atoms with Crippen LogP contribution in [0.4, 0.5) is 10.1 Å². The normalized spacial score (nSPS) is 10.5. The molecule has 100 valence electrons. The first kappa shape index (κ1) is 13.5. The van der Waals surface area contributed by atoms with Gasteiger partial charge in [-0.1, -0.05) is 12.1 Å². The second kappa shape index (κ2) is 6.29. The number of aliphatic hydroxyl groups is 1. The predicted octanol–water partition coefficient (Wildman–Crippen LogP) is 2.74. The maximum absolute atomic E-state index is 13.7. The maximum Gasteiger partial charge on any atom is 0.130 e. The molecule has 1 aromatic carbocycles. The molecule has 1 heterocycles. The number of hydrogen-bond donors (Lipinski definition) is 1. The number of aliphatic hydroxyl groups excluding tert-OH is 1. The molecule has 0 unspecified atom stereocenters. The fourth-order valence-electron chi connectivity index (χ4n) is 2.05. The molecule has 0 spiro atoms. The smallest absolute Gasteiger partial charge is 0.130 e. The molecule has 0 aliphatic rings. The first-order valence-electron chi connectivity index (χ1n) is 6.29. The lowest BCUT2D eigenvalue weighted by Crippen LogP contribution is -2.24. The average molecular weight is 260 g/mol. The van der Waals surface area contributed by atoms with Gasteiger partial charge in [-0.05, 0) is 31.2 Å². The monoisotopic (exact) mass is 260 g/mol. The zero-order valence-corrected chi connectivity index (χ0v) is 10.9. The van der Waals surface area contributed by atoms with Gasteiger partial charge in [0.15, 0.2) is 0 Å². The van der Waals surface area contributed by atoms with Crippen LogP contribution in [0.25, 0.3) is 0 Å². The van der Waals surface area contributed by atoms with Gasteiger partial charge in [0, 0.05) is 24.0 Å². The molecule has 0 saturated heterocycles. The van der Waals surface area contributed by atoms with Gasteiger partial charge in [-0.25, -0.2) is 4.39 Å². The average Bonchev–Trinajstić information content (AvgIpc) is 2.45. The Morgan fingerprint density at radius 2 is 2.05 bits per heavy atom. The summed E-state index contributed by atoms with van der Waals surface area (Å²) in [5.41, 5.74) is 1.97. The summed E-state index contributed by atoms with van der Waals surface area (Å²) in [5, 5.41) is 9.33. The van der Waals surface area contributed by atoms with Crippen molar-refractivity contribution in [2.45, 2.75) is 20.1 Å². The van der Waals surface area contributed by atoms with Crippen LogP contribution in [0, 0.1) is 5.82 Å². The Morgan fingerprint density at radius 3 is 2.68 bits per heavy atom. The van der Waals surface area contributed by atoms with E-state index in [0.29, 0.717) is 18.7 Å². The molecule has 0 amide bonds. The van der Waals surface area contributed by atoms with E-state index in [9.17, 15) is 9.50 Å². The lowest BCUT2D eigenvalue weighted by atomic mass is 10.1. The minimum absolute atomic E-state index is 0.305. The molecule has 0 atom stereocenters. The molecule has 1 aromatic heterocycles. The maximum atomic E-state index is 13.7. The van der Waals surface area contributed by atoms with Gasteiger partial charge < -0.3 is 10.0 Å². The van der Waals surface area contributed by atoms with Crippen LogP contribution in [0.15, 0.2) is 42.6 Å². The lowest BCUT2D eigenvalue weighted by molar-refractivity contribution is 0.276. The molecule has 0 radical (unpaired) electrons. The van der Waals surface area contributed by atoms with Crippen molar-refractivity contribution < 1.29 is 9.50 Å². The number of pyridine rings is 1. The number of hydrogen-bond acceptors (Lipinski definition) is 3. The molecular formula is C15H17FN2O. The third-order valence-corrected chi connectivity index (χ3v) is 3.05. The van der Waals surface area contributed by atoms with Crippen LogP contribution in [-0.4, -0.2) is 16.6 Å². The quantitative estimate of drug-likeness (QED) is 0.898. The number of nitrogens with zero attached hydrogens (tertiary/aromatic N) is 2. The first-order chi connectivity index (χ1) is 9.26. The summed E-state index contributed by atoms with van der Waals surface area (Å²) in [4.78, 5) is 6.27. The third-order valence-electron chi connectivity index (χ3n) is 3.05. The van der Waals surface area contributed by atoms with Crippen molar-refractivity contribution in [1.82, 2.24) is 4.98 Å². The molecular weight excluding hydrogens is 243 g/mol. The molecule has 0 saturated carbocycles. The van der Waals surface area contributed by atoms with Gasteiger partial charge in [-0.3, -0.25) is 4.98 Å². The summed E-state index contributed by atoms with van der Waals surface area (Å²) in [6.07, 6.45) is 1.74. The first-order valence-corrected chi connectivity index (χ1v) is 6.29. The molecule has 19 heavy (non-hydrogen) atoms. The van der Waals surface area contributed by atoms with Crippen molar-refractivity contribution in [3.05, 3.63) is 59.7 Å². The van der Waals surface area contributed by atoms with E-state index in [0.717, 1.165) is 11.4 Å². The number of anilines is 1. The van der Waals surface area contributed by atoms with E-state index in [4.69, 9.17) is 0 Å². The summed E-state index contributed by atoms with van der Waals surface area (Å²) in [5.74, 6) is -0.375. The predicted molar refractivity (Wildman–Crippen MR) is 73.3 cm³/mol. The molecule has 0 fully saturated rings. The second-order valence-electron chi connectivity index (χ2n) is 4.23. The largest absolute Gasteiger partial charge is 0.391 e. The summed E-state index contributed by atoms with van der Waals surface area (Å²) < 4.78 is 13.7. The van der Waals surface area contributed by atoms with Crippen LogP contribution < -0.4 is 4.90 Å². The highest BCUT2D eigenvalue weighted by Gasteiger charge is 2.13. The van der Waals surface area contributed by atoms with Gasteiger partial charge >= 0.3 is 0 Å². The Labute approximate surface area is 112 Å². The van der Waals surface area contributed by atoms with E-state index in [1.54, 1.807) is 12.3 Å². The molecule has 0 aliphatic heterocycles. The van der Waals surface area contributed by atoms with Crippen LogP contribution in [0.5, 0.6) is 0 Å². The molecule has 2 aromatic rings. The van der Waals surface area contributed by atoms with Gasteiger partial charge in [-0.15, -0.1) is 0 Å². The number of halogens is 1. The second-order valence-corrected chi connectivity index (χ2v) is 4.23. The van der Waals surface area contributed by atoms with Gasteiger partial charge in [0.25, 0.3) is 0 Å². The SMILES string of the molecule is CCN(Cc1ccccn1)c1cccc(F)c1CO. The van der Waals surface area contributed by atoms with Crippen molar-refractivity contribution in [1.29, 1.82) is 0 Å². The molecule has 0 bridgehead atoms. The summed E-state index contributed by atoms with van der Waals surface area (Å²) in [6.45, 7) is 3.00. The summed E-state index contributed by atoms with van der Waals surface area (Å²) in [7, 11) is 0. The highest BCUT2D eigenvalue weighted by molar-refractivity contribution is 5.54. The molecule has 0 aliphatic carbocycles. The van der Waals surface area contributed by atoms with Gasteiger partial charge in [0.2, 0.25) is 0 Å². The third kappa shape index (κ3) is 3.09. The van der Waals surface area contributed by atoms with Crippen LogP contribution in [0.1, 0.15) is 18.2 Å². The van der Waals surface area contributed by atoms with E-state index in [1.807, 2.05) is 36.1 Å². The van der Waals surface area contributed by atoms with Crippen molar-refractivity contribution in [2.24, 2.45) is 0 Å². The fourth-order valence-corrected chi connectivity index (χ4v) is 2.05. The Hall–Kier alpha value is -1.94. The zero-order chi connectivity index (χ0) is 13.7. The van der Waals surface area contributed by atoms with Crippen LogP contribution in [0.2, 0.25) is 0 Å². The Morgan fingerprint density at radius 1 is 1.21 bits per heavy atom. The number of benzene rings is 1. The van der Waals surface area contributed by atoms with E-state index in [1.165, 1.54) is 6.07 Å². The Balaban J connectivity index is 2.30. The molecule has 2 rings (SSSR count). The topological polar surface area (TPSA) is 36.4 Å². The zero-order valence-electron chi connectivity index (χ0n) is 10.9. The number of aromatic nitrogens is 1. The Kier molecular flexibility index (Phi) is 4.47. The fraction of sp³-hybridized carbons (Fsp3) is 0.267. The van der Waals surface area contributed by atoms with E-state index in [2.05, 4.69) is 4.98 Å². The van der Waals surface area contributed by atoms with Crippen molar-refractivity contribution >= 4 is 5.69 Å². The lowest BCUT2D eigenvalue weighted by Gasteiger charge is -2.25. The van der Waals surface area contributed by atoms with E-state index >= 15 is 0 Å². The molecule has 3 nitrogen and oxygen atoms in total. The van der Waals surface area contributed by atoms with Crippen molar-refractivity contribution in [3.8, 4) is 0 Å². The van der Waals surface area contributed by atoms with Gasteiger partial charge in [0.1, 0.15) is 5.82 Å². The highest BCUT2D eigenvalue weighted by Crippen LogP contribution is 2.24. The van der Waals surface area contributed by atoms with Crippen LogP contribution in [-0.2, 0) is 13.2 Å². The molecule has 1 N–H and O–H groups in total. The summed E-state index contributed by atoms with van der Waals surface area (Å²) >= 11 is 0. The van der Waals surface area contributed by atoms with Crippen LogP contribution in [0.3, 0.4) is 0 Å². The standard InChI is InChI=1S/C15H17FN2O/c1-2-18(10-12-6-3-4-9-17-12)15-8-5-7-14(16)13(15)11-19/h3-9,19H,2,10-11H2,1H3. The van der Waals surface area contributed by atoms with Crippen LogP contribution >= 0.6 is 0 Å². The van der Waals surface area contributed by atoms with Crippen molar-refractivity contribution in [2.75, 3.05) is 11.4 Å². The summed E-state index contributed by atoms with van der Waals surface area (Å²) in [6, 6.07) is 10.6.